The molecule has 3 heteroatoms. The maximum atomic E-state index is 11.2. The highest BCUT2D eigenvalue weighted by atomic mass is 16.5. The van der Waals surface area contributed by atoms with Gasteiger partial charge in [-0.25, -0.2) is 5.11 Å². The molecule has 83 valence electrons. The number of esters is 1. The van der Waals surface area contributed by atoms with Crippen LogP contribution in [0.2, 0.25) is 0 Å². The molecule has 0 aliphatic heterocycles. The van der Waals surface area contributed by atoms with E-state index < -0.39 is 0 Å². The standard InChI is InChI=1S/C11H21O3/c1-3-10(2)14-11(13)8-6-4-5-7-9-12/h10H,3-9H2,1-2H3. The van der Waals surface area contributed by atoms with Crippen LogP contribution >= 0.6 is 0 Å². The van der Waals surface area contributed by atoms with Crippen LogP contribution in [0.15, 0.2) is 0 Å². The third kappa shape index (κ3) is 8.05. The lowest BCUT2D eigenvalue weighted by Crippen LogP contribution is -2.13. The van der Waals surface area contributed by atoms with Crippen molar-refractivity contribution < 1.29 is 14.6 Å². The Bertz CT molecular complexity index is 145. The van der Waals surface area contributed by atoms with Crippen LogP contribution in [-0.2, 0) is 14.6 Å². The van der Waals surface area contributed by atoms with E-state index in [9.17, 15) is 9.90 Å². The Morgan fingerprint density at radius 3 is 2.43 bits per heavy atom. The van der Waals surface area contributed by atoms with E-state index in [0.29, 0.717) is 6.42 Å². The van der Waals surface area contributed by atoms with Gasteiger partial charge in [0.2, 0.25) is 0 Å². The van der Waals surface area contributed by atoms with Gasteiger partial charge in [-0.15, -0.1) is 0 Å². The zero-order valence-corrected chi connectivity index (χ0v) is 9.25. The summed E-state index contributed by atoms with van der Waals surface area (Å²) in [5.41, 5.74) is 0. The van der Waals surface area contributed by atoms with Gasteiger partial charge in [-0.05, 0) is 26.2 Å². The highest BCUT2D eigenvalue weighted by Gasteiger charge is 2.06. The van der Waals surface area contributed by atoms with Gasteiger partial charge in [-0.3, -0.25) is 4.79 Å². The first-order valence-corrected chi connectivity index (χ1v) is 5.48. The van der Waals surface area contributed by atoms with Crippen molar-refractivity contribution in [3.05, 3.63) is 0 Å². The average molecular weight is 201 g/mol. The van der Waals surface area contributed by atoms with E-state index in [1.54, 1.807) is 0 Å². The van der Waals surface area contributed by atoms with Gasteiger partial charge in [0.05, 0.1) is 12.7 Å². The summed E-state index contributed by atoms with van der Waals surface area (Å²) in [6.07, 6.45) is 4.84. The summed E-state index contributed by atoms with van der Waals surface area (Å²) in [6, 6.07) is 0. The van der Waals surface area contributed by atoms with Crippen LogP contribution in [0.5, 0.6) is 0 Å². The molecule has 0 saturated heterocycles. The molecule has 14 heavy (non-hydrogen) atoms. The summed E-state index contributed by atoms with van der Waals surface area (Å²) in [7, 11) is 0. The van der Waals surface area contributed by atoms with E-state index in [2.05, 4.69) is 0 Å². The molecule has 0 aromatic rings. The lowest BCUT2D eigenvalue weighted by Gasteiger charge is -2.10. The molecule has 0 aliphatic carbocycles. The molecule has 0 aromatic carbocycles. The van der Waals surface area contributed by atoms with Crippen LogP contribution in [0.1, 0.15) is 52.4 Å². The van der Waals surface area contributed by atoms with Crippen molar-refractivity contribution in [2.75, 3.05) is 6.61 Å². The quantitative estimate of drug-likeness (QED) is 0.447. The number of rotatable bonds is 8. The first kappa shape index (κ1) is 13.4. The monoisotopic (exact) mass is 201 g/mol. The van der Waals surface area contributed by atoms with E-state index >= 15 is 0 Å². The number of ether oxygens (including phenoxy) is 1. The van der Waals surface area contributed by atoms with E-state index in [1.165, 1.54) is 0 Å². The molecule has 0 aliphatic rings. The highest BCUT2D eigenvalue weighted by Crippen LogP contribution is 2.05. The van der Waals surface area contributed by atoms with Gasteiger partial charge >= 0.3 is 5.97 Å². The van der Waals surface area contributed by atoms with Crippen LogP contribution in [-0.4, -0.2) is 18.7 Å². The lowest BCUT2D eigenvalue weighted by molar-refractivity contribution is -0.148. The molecule has 0 fully saturated rings. The van der Waals surface area contributed by atoms with Gasteiger partial charge in [-0.2, -0.15) is 0 Å². The molecule has 0 rings (SSSR count). The summed E-state index contributed by atoms with van der Waals surface area (Å²) in [5.74, 6) is -0.110. The van der Waals surface area contributed by atoms with Gasteiger partial charge < -0.3 is 4.74 Å². The smallest absolute Gasteiger partial charge is 0.306 e. The molecule has 3 nitrogen and oxygen atoms in total. The summed E-state index contributed by atoms with van der Waals surface area (Å²) in [4.78, 5) is 11.2. The minimum absolute atomic E-state index is 0.00266. The molecule has 0 saturated carbocycles. The van der Waals surface area contributed by atoms with Gasteiger partial charge in [0.1, 0.15) is 0 Å². The van der Waals surface area contributed by atoms with Crippen molar-refractivity contribution in [3.8, 4) is 0 Å². The van der Waals surface area contributed by atoms with E-state index in [-0.39, 0.29) is 18.7 Å². The van der Waals surface area contributed by atoms with Crippen LogP contribution < -0.4 is 0 Å². The summed E-state index contributed by atoms with van der Waals surface area (Å²) < 4.78 is 5.11. The van der Waals surface area contributed by atoms with Crippen molar-refractivity contribution in [3.63, 3.8) is 0 Å². The second-order valence-electron chi connectivity index (χ2n) is 3.58. The second-order valence-corrected chi connectivity index (χ2v) is 3.58. The maximum absolute atomic E-state index is 11.2. The van der Waals surface area contributed by atoms with Gasteiger partial charge in [0, 0.05) is 6.42 Å². The van der Waals surface area contributed by atoms with Crippen LogP contribution in [0.3, 0.4) is 0 Å². The average Bonchev–Trinajstić information content (AvgIpc) is 2.17. The predicted molar refractivity (Wildman–Crippen MR) is 54.5 cm³/mol. The Balaban J connectivity index is 3.27. The molecule has 1 unspecified atom stereocenters. The van der Waals surface area contributed by atoms with Crippen molar-refractivity contribution in [1.29, 1.82) is 0 Å². The third-order valence-corrected chi connectivity index (χ3v) is 2.18. The van der Waals surface area contributed by atoms with Crippen molar-refractivity contribution in [2.24, 2.45) is 0 Å². The fourth-order valence-electron chi connectivity index (χ4n) is 1.09. The zero-order chi connectivity index (χ0) is 10.8. The normalized spacial score (nSPS) is 12.5. The third-order valence-electron chi connectivity index (χ3n) is 2.18. The van der Waals surface area contributed by atoms with Gasteiger partial charge in [-0.1, -0.05) is 19.8 Å². The van der Waals surface area contributed by atoms with Crippen molar-refractivity contribution >= 4 is 5.97 Å². The minimum Gasteiger partial charge on any atom is -0.463 e. The summed E-state index contributed by atoms with van der Waals surface area (Å²) >= 11 is 0. The van der Waals surface area contributed by atoms with Gasteiger partial charge in [0.25, 0.3) is 0 Å². The SMILES string of the molecule is CCC(C)OC(=O)CCCCCC[O]. The van der Waals surface area contributed by atoms with E-state index in [4.69, 9.17) is 4.74 Å². The number of carbonyl (C=O) groups is 1. The topological polar surface area (TPSA) is 46.2 Å². The van der Waals surface area contributed by atoms with Gasteiger partial charge in [0.15, 0.2) is 0 Å². The Hall–Kier alpha value is -0.570. The number of carbonyl (C=O) groups excluding carboxylic acids is 1. The zero-order valence-electron chi connectivity index (χ0n) is 9.25. The van der Waals surface area contributed by atoms with Crippen LogP contribution in [0, 0.1) is 0 Å². The van der Waals surface area contributed by atoms with E-state index in [0.717, 1.165) is 32.1 Å². The lowest BCUT2D eigenvalue weighted by atomic mass is 10.1. The molecular weight excluding hydrogens is 180 g/mol. The largest absolute Gasteiger partial charge is 0.463 e. The first-order chi connectivity index (χ1) is 6.70. The van der Waals surface area contributed by atoms with Crippen molar-refractivity contribution in [1.82, 2.24) is 0 Å². The molecule has 0 aromatic heterocycles. The second kappa shape index (κ2) is 9.00. The number of hydrogen-bond acceptors (Lipinski definition) is 2. The van der Waals surface area contributed by atoms with E-state index in [1.807, 2.05) is 13.8 Å². The molecule has 0 amide bonds. The molecule has 0 N–H and O–H groups in total. The molecule has 0 spiro atoms. The fourth-order valence-corrected chi connectivity index (χ4v) is 1.09. The summed E-state index contributed by atoms with van der Waals surface area (Å²) in [6.45, 7) is 3.89. The van der Waals surface area contributed by atoms with Crippen molar-refractivity contribution in [2.45, 2.75) is 58.5 Å². The molecule has 1 atom stereocenters. The summed E-state index contributed by atoms with van der Waals surface area (Å²) in [5, 5.41) is 10.1. The molecule has 0 bridgehead atoms. The molecule has 0 heterocycles. The van der Waals surface area contributed by atoms with Crippen LogP contribution in [0.4, 0.5) is 0 Å². The Labute approximate surface area is 86.5 Å². The molecular formula is C11H21O3. The van der Waals surface area contributed by atoms with Crippen LogP contribution in [0.25, 0.3) is 0 Å². The highest BCUT2D eigenvalue weighted by molar-refractivity contribution is 5.69. The molecule has 1 radical (unpaired) electrons. The first-order valence-electron chi connectivity index (χ1n) is 5.48. The fraction of sp³-hybridized carbons (Fsp3) is 0.909. The predicted octanol–water partition coefficient (Wildman–Crippen LogP) is 2.71. The Morgan fingerprint density at radius 2 is 1.86 bits per heavy atom. The Morgan fingerprint density at radius 1 is 1.21 bits per heavy atom. The number of unbranched alkanes of at least 4 members (excludes halogenated alkanes) is 3. The number of hydrogen-bond donors (Lipinski definition) is 0. The minimum atomic E-state index is -0.110. The Kier molecular flexibility index (Phi) is 8.64. The maximum Gasteiger partial charge on any atom is 0.306 e.